The van der Waals surface area contributed by atoms with E-state index in [1.165, 1.54) is 6.92 Å². The highest BCUT2D eigenvalue weighted by Crippen LogP contribution is 2.07. The minimum Gasteiger partial charge on any atom is -0.481 e. The molecule has 6 nitrogen and oxygen atoms in total. The number of nitrogens with one attached hydrogen (secondary N) is 1. The number of rotatable bonds is 8. The number of carboxylic acid groups (broad SMARTS) is 1. The van der Waals surface area contributed by atoms with Gasteiger partial charge in [-0.3, -0.25) is 14.5 Å². The molecule has 6 heteroatoms. The van der Waals surface area contributed by atoms with E-state index in [1.807, 2.05) is 17.0 Å². The van der Waals surface area contributed by atoms with Crippen LogP contribution in [0, 0.1) is 11.3 Å². The van der Waals surface area contributed by atoms with Crippen molar-refractivity contribution < 1.29 is 14.7 Å². The first kappa shape index (κ1) is 16.7. The van der Waals surface area contributed by atoms with Crippen LogP contribution >= 0.6 is 0 Å². The van der Waals surface area contributed by atoms with E-state index < -0.39 is 5.97 Å². The van der Waals surface area contributed by atoms with Crippen molar-refractivity contribution in [1.82, 2.24) is 10.2 Å². The molecule has 0 bridgehead atoms. The fourth-order valence-electron chi connectivity index (χ4n) is 1.86. The fourth-order valence-corrected chi connectivity index (χ4v) is 1.86. The van der Waals surface area contributed by atoms with Crippen molar-refractivity contribution >= 4 is 11.9 Å². The number of nitriles is 1. The highest BCUT2D eigenvalue weighted by molar-refractivity contribution is 5.72. The molecule has 0 heterocycles. The Labute approximate surface area is 124 Å². The molecule has 0 radical (unpaired) electrons. The standard InChI is InChI=1S/C15H19N3O3/c1-12(19)17-7-9-18(8-6-15(20)21)11-14-4-2-13(10-16)3-5-14/h2-5H,6-9,11H2,1H3,(H,17,19)(H,20,21). The van der Waals surface area contributed by atoms with Crippen LogP contribution in [0.2, 0.25) is 0 Å². The molecule has 0 unspecified atom stereocenters. The van der Waals surface area contributed by atoms with Crippen LogP contribution in [0.4, 0.5) is 0 Å². The van der Waals surface area contributed by atoms with Crippen LogP contribution in [0.25, 0.3) is 0 Å². The van der Waals surface area contributed by atoms with Crippen molar-refractivity contribution in [3.8, 4) is 6.07 Å². The van der Waals surface area contributed by atoms with Gasteiger partial charge in [0.1, 0.15) is 0 Å². The molecule has 1 aromatic rings. The number of aliphatic carboxylic acids is 1. The zero-order chi connectivity index (χ0) is 15.7. The van der Waals surface area contributed by atoms with Crippen molar-refractivity contribution in [3.63, 3.8) is 0 Å². The van der Waals surface area contributed by atoms with Gasteiger partial charge < -0.3 is 10.4 Å². The first-order chi connectivity index (χ1) is 10.0. The molecule has 0 aliphatic carbocycles. The SMILES string of the molecule is CC(=O)NCCN(CCC(=O)O)Cc1ccc(C#N)cc1. The number of amides is 1. The lowest BCUT2D eigenvalue weighted by Gasteiger charge is -2.21. The molecule has 0 aromatic heterocycles. The summed E-state index contributed by atoms with van der Waals surface area (Å²) in [5.41, 5.74) is 1.59. The molecule has 112 valence electrons. The van der Waals surface area contributed by atoms with Crippen molar-refractivity contribution in [2.45, 2.75) is 19.9 Å². The third kappa shape index (κ3) is 7.09. The molecule has 0 atom stereocenters. The Morgan fingerprint density at radius 1 is 1.29 bits per heavy atom. The normalized spacial score (nSPS) is 10.1. The summed E-state index contributed by atoms with van der Waals surface area (Å²) >= 11 is 0. The summed E-state index contributed by atoms with van der Waals surface area (Å²) in [6.45, 7) is 3.49. The summed E-state index contributed by atoms with van der Waals surface area (Å²) in [6.07, 6.45) is 0.0519. The van der Waals surface area contributed by atoms with Crippen molar-refractivity contribution in [2.75, 3.05) is 19.6 Å². The van der Waals surface area contributed by atoms with Gasteiger partial charge in [0.15, 0.2) is 0 Å². The summed E-state index contributed by atoms with van der Waals surface area (Å²) in [6, 6.07) is 9.23. The molecule has 0 spiro atoms. The molecule has 2 N–H and O–H groups in total. The Morgan fingerprint density at radius 2 is 1.95 bits per heavy atom. The maximum absolute atomic E-state index is 10.9. The third-order valence-corrected chi connectivity index (χ3v) is 2.93. The van der Waals surface area contributed by atoms with Crippen LogP contribution in [0.15, 0.2) is 24.3 Å². The van der Waals surface area contributed by atoms with Gasteiger partial charge in [-0.1, -0.05) is 12.1 Å². The highest BCUT2D eigenvalue weighted by atomic mass is 16.4. The first-order valence-corrected chi connectivity index (χ1v) is 6.69. The molecule has 0 fully saturated rings. The smallest absolute Gasteiger partial charge is 0.304 e. The predicted molar refractivity (Wildman–Crippen MR) is 77.4 cm³/mol. The minimum atomic E-state index is -0.848. The summed E-state index contributed by atoms with van der Waals surface area (Å²) in [7, 11) is 0. The topological polar surface area (TPSA) is 93.4 Å². The lowest BCUT2D eigenvalue weighted by Crippen LogP contribution is -2.34. The number of hydrogen-bond acceptors (Lipinski definition) is 4. The molecule has 0 saturated heterocycles. The Bertz CT molecular complexity index is 520. The first-order valence-electron chi connectivity index (χ1n) is 6.69. The lowest BCUT2D eigenvalue weighted by molar-refractivity contribution is -0.137. The van der Waals surface area contributed by atoms with E-state index in [0.29, 0.717) is 31.7 Å². The monoisotopic (exact) mass is 289 g/mol. The maximum Gasteiger partial charge on any atom is 0.304 e. The van der Waals surface area contributed by atoms with E-state index >= 15 is 0 Å². The quantitative estimate of drug-likeness (QED) is 0.744. The van der Waals surface area contributed by atoms with E-state index in [4.69, 9.17) is 10.4 Å². The van der Waals surface area contributed by atoms with Crippen LogP contribution in [0.1, 0.15) is 24.5 Å². The van der Waals surface area contributed by atoms with E-state index in [9.17, 15) is 9.59 Å². The van der Waals surface area contributed by atoms with Gasteiger partial charge in [0.2, 0.25) is 5.91 Å². The van der Waals surface area contributed by atoms with Gasteiger partial charge in [0, 0.05) is 33.1 Å². The lowest BCUT2D eigenvalue weighted by atomic mass is 10.1. The van der Waals surface area contributed by atoms with Gasteiger partial charge in [0.25, 0.3) is 0 Å². The van der Waals surface area contributed by atoms with Crippen LogP contribution in [0.5, 0.6) is 0 Å². The second-order valence-electron chi connectivity index (χ2n) is 4.71. The van der Waals surface area contributed by atoms with Gasteiger partial charge in [-0.05, 0) is 17.7 Å². The number of nitrogens with zero attached hydrogens (tertiary/aromatic N) is 2. The minimum absolute atomic E-state index is 0.0519. The summed E-state index contributed by atoms with van der Waals surface area (Å²) < 4.78 is 0. The van der Waals surface area contributed by atoms with E-state index in [-0.39, 0.29) is 12.3 Å². The maximum atomic E-state index is 10.9. The summed E-state index contributed by atoms with van der Waals surface area (Å²) in [4.78, 5) is 23.5. The second-order valence-corrected chi connectivity index (χ2v) is 4.71. The van der Waals surface area contributed by atoms with Gasteiger partial charge >= 0.3 is 5.97 Å². The Hall–Kier alpha value is -2.39. The van der Waals surface area contributed by atoms with Crippen molar-refractivity contribution in [3.05, 3.63) is 35.4 Å². The summed E-state index contributed by atoms with van der Waals surface area (Å²) in [5, 5.41) is 20.2. The molecule has 1 rings (SSSR count). The predicted octanol–water partition coefficient (Wildman–Crippen LogP) is 0.971. The van der Waals surface area contributed by atoms with Gasteiger partial charge in [-0.25, -0.2) is 0 Å². The van der Waals surface area contributed by atoms with Gasteiger partial charge in [-0.15, -0.1) is 0 Å². The number of benzene rings is 1. The Balaban J connectivity index is 2.59. The molecule has 21 heavy (non-hydrogen) atoms. The molecule has 1 aromatic carbocycles. The summed E-state index contributed by atoms with van der Waals surface area (Å²) in [5.74, 6) is -0.953. The van der Waals surface area contributed by atoms with Crippen molar-refractivity contribution in [2.24, 2.45) is 0 Å². The molecule has 0 saturated carbocycles. The van der Waals surface area contributed by atoms with Gasteiger partial charge in [0.05, 0.1) is 18.1 Å². The molecule has 0 aliphatic heterocycles. The third-order valence-electron chi connectivity index (χ3n) is 2.93. The largest absolute Gasteiger partial charge is 0.481 e. The zero-order valence-corrected chi connectivity index (χ0v) is 12.0. The second kappa shape index (κ2) is 8.72. The van der Waals surface area contributed by atoms with Gasteiger partial charge in [-0.2, -0.15) is 5.26 Å². The number of carbonyl (C=O) groups is 2. The Morgan fingerprint density at radius 3 is 2.48 bits per heavy atom. The molecule has 0 aliphatic rings. The van der Waals surface area contributed by atoms with Crippen LogP contribution in [-0.2, 0) is 16.1 Å². The van der Waals surface area contributed by atoms with Crippen LogP contribution in [-0.4, -0.2) is 41.5 Å². The van der Waals surface area contributed by atoms with Crippen LogP contribution < -0.4 is 5.32 Å². The van der Waals surface area contributed by atoms with E-state index in [2.05, 4.69) is 11.4 Å². The number of carboxylic acids is 1. The average Bonchev–Trinajstić information content (AvgIpc) is 2.45. The van der Waals surface area contributed by atoms with Crippen LogP contribution in [0.3, 0.4) is 0 Å². The number of hydrogen-bond donors (Lipinski definition) is 2. The van der Waals surface area contributed by atoms with E-state index in [0.717, 1.165) is 5.56 Å². The molecule has 1 amide bonds. The fraction of sp³-hybridized carbons (Fsp3) is 0.400. The highest BCUT2D eigenvalue weighted by Gasteiger charge is 2.09. The molecular formula is C15H19N3O3. The average molecular weight is 289 g/mol. The van der Waals surface area contributed by atoms with Crippen molar-refractivity contribution in [1.29, 1.82) is 5.26 Å². The van der Waals surface area contributed by atoms with E-state index in [1.54, 1.807) is 12.1 Å². The Kier molecular flexibility index (Phi) is 6.92. The zero-order valence-electron chi connectivity index (χ0n) is 12.0. The molecular weight excluding hydrogens is 270 g/mol. The number of carbonyl (C=O) groups excluding carboxylic acids is 1.